The fourth-order valence-corrected chi connectivity index (χ4v) is 2.60. The third-order valence-corrected chi connectivity index (χ3v) is 3.74. The lowest BCUT2D eigenvalue weighted by molar-refractivity contribution is 0.585. The molecule has 0 saturated carbocycles. The molecule has 0 aromatic heterocycles. The van der Waals surface area contributed by atoms with E-state index < -0.39 is 0 Å². The maximum Gasteiger partial charge on any atom is 0.0377 e. The molecule has 1 N–H and O–H groups in total. The van der Waals surface area contributed by atoms with Crippen molar-refractivity contribution < 1.29 is 0 Å². The van der Waals surface area contributed by atoms with Gasteiger partial charge in [-0.1, -0.05) is 6.07 Å². The van der Waals surface area contributed by atoms with Gasteiger partial charge < -0.3 is 10.2 Å². The van der Waals surface area contributed by atoms with Crippen LogP contribution in [0, 0.1) is 0 Å². The van der Waals surface area contributed by atoms with Gasteiger partial charge in [-0.25, -0.2) is 0 Å². The number of nitrogens with one attached hydrogen (secondary N) is 1. The highest BCUT2D eigenvalue weighted by atomic mass is 32.2. The smallest absolute Gasteiger partial charge is 0.0377 e. The molecule has 2 rings (SSSR count). The van der Waals surface area contributed by atoms with Gasteiger partial charge in [0.25, 0.3) is 0 Å². The largest absolute Gasteiger partial charge is 0.370 e. The zero-order chi connectivity index (χ0) is 11.4. The van der Waals surface area contributed by atoms with Crippen molar-refractivity contribution >= 4 is 17.4 Å². The number of benzene rings is 1. The summed E-state index contributed by atoms with van der Waals surface area (Å²) in [5.74, 6) is 0. The number of nitrogens with zero attached hydrogens (tertiary/aromatic N) is 1. The minimum absolute atomic E-state index is 0.584. The highest BCUT2D eigenvalue weighted by Gasteiger charge is 2.14. The van der Waals surface area contributed by atoms with E-state index in [1.807, 2.05) is 11.8 Å². The lowest BCUT2D eigenvalue weighted by atomic mass is 10.2. The Kier molecular flexibility index (Phi) is 4.13. The Labute approximate surface area is 102 Å². The summed E-state index contributed by atoms with van der Waals surface area (Å²) in [6.07, 6.45) is 3.36. The second kappa shape index (κ2) is 5.60. The standard InChI is InChI=1S/C13H20N2S/c1-11-10-15(8-4-7-14-11)12-5-3-6-13(9-12)16-2/h3,5-6,9,11,14H,4,7-8,10H2,1-2H3. The molecule has 1 atom stereocenters. The van der Waals surface area contributed by atoms with Crippen LogP contribution in [0.4, 0.5) is 5.69 Å². The zero-order valence-corrected chi connectivity index (χ0v) is 10.9. The van der Waals surface area contributed by atoms with Crippen LogP contribution < -0.4 is 10.2 Å². The van der Waals surface area contributed by atoms with E-state index in [1.54, 1.807) is 0 Å². The molecule has 1 heterocycles. The van der Waals surface area contributed by atoms with E-state index in [2.05, 4.69) is 47.7 Å². The summed E-state index contributed by atoms with van der Waals surface area (Å²) in [5.41, 5.74) is 1.36. The maximum atomic E-state index is 3.53. The Morgan fingerprint density at radius 3 is 3.12 bits per heavy atom. The van der Waals surface area contributed by atoms with E-state index in [0.29, 0.717) is 6.04 Å². The van der Waals surface area contributed by atoms with Gasteiger partial charge in [-0.2, -0.15) is 0 Å². The summed E-state index contributed by atoms with van der Waals surface area (Å²) >= 11 is 1.81. The molecule has 1 aliphatic heterocycles. The highest BCUT2D eigenvalue weighted by molar-refractivity contribution is 7.98. The predicted octanol–water partition coefficient (Wildman–Crippen LogP) is 2.60. The van der Waals surface area contributed by atoms with Crippen LogP contribution >= 0.6 is 11.8 Å². The normalized spacial score (nSPS) is 21.9. The van der Waals surface area contributed by atoms with Crippen molar-refractivity contribution in [1.82, 2.24) is 5.32 Å². The molecule has 3 heteroatoms. The molecular weight excluding hydrogens is 216 g/mol. The first-order chi connectivity index (χ1) is 7.79. The average molecular weight is 236 g/mol. The Hall–Kier alpha value is -0.670. The van der Waals surface area contributed by atoms with Gasteiger partial charge in [0.15, 0.2) is 0 Å². The van der Waals surface area contributed by atoms with Gasteiger partial charge in [-0.15, -0.1) is 11.8 Å². The molecular formula is C13H20N2S. The van der Waals surface area contributed by atoms with Crippen LogP contribution in [0.1, 0.15) is 13.3 Å². The van der Waals surface area contributed by atoms with Gasteiger partial charge in [0.2, 0.25) is 0 Å². The molecule has 0 spiro atoms. The van der Waals surface area contributed by atoms with Crippen molar-refractivity contribution in [1.29, 1.82) is 0 Å². The molecule has 1 aromatic rings. The van der Waals surface area contributed by atoms with Crippen LogP contribution in [-0.4, -0.2) is 31.9 Å². The third kappa shape index (κ3) is 2.92. The van der Waals surface area contributed by atoms with Crippen LogP contribution in [0.25, 0.3) is 0 Å². The summed E-state index contributed by atoms with van der Waals surface area (Å²) in [4.78, 5) is 3.84. The number of hydrogen-bond donors (Lipinski definition) is 1. The number of anilines is 1. The van der Waals surface area contributed by atoms with Crippen molar-refractivity contribution in [2.45, 2.75) is 24.3 Å². The van der Waals surface area contributed by atoms with Gasteiger partial charge in [0.1, 0.15) is 0 Å². The topological polar surface area (TPSA) is 15.3 Å². The van der Waals surface area contributed by atoms with Crippen LogP contribution in [0.3, 0.4) is 0 Å². The Bertz CT molecular complexity index is 340. The molecule has 1 fully saturated rings. The molecule has 1 aromatic carbocycles. The van der Waals surface area contributed by atoms with Crippen LogP contribution in [0.5, 0.6) is 0 Å². The van der Waals surface area contributed by atoms with Crippen LogP contribution in [0.15, 0.2) is 29.2 Å². The molecule has 1 unspecified atom stereocenters. The molecule has 2 nitrogen and oxygen atoms in total. The second-order valence-electron chi connectivity index (χ2n) is 4.36. The Morgan fingerprint density at radius 2 is 2.31 bits per heavy atom. The Balaban J connectivity index is 2.14. The van der Waals surface area contributed by atoms with Crippen molar-refractivity contribution in [2.75, 3.05) is 30.8 Å². The maximum absolute atomic E-state index is 3.53. The summed E-state index contributed by atoms with van der Waals surface area (Å²) in [6, 6.07) is 9.43. The quantitative estimate of drug-likeness (QED) is 0.795. The van der Waals surface area contributed by atoms with Crippen LogP contribution in [0.2, 0.25) is 0 Å². The molecule has 88 valence electrons. The average Bonchev–Trinajstić information content (AvgIpc) is 2.54. The summed E-state index contributed by atoms with van der Waals surface area (Å²) in [5, 5.41) is 3.53. The molecule has 1 saturated heterocycles. The number of rotatable bonds is 2. The first-order valence-corrected chi connectivity index (χ1v) is 7.14. The fraction of sp³-hybridized carbons (Fsp3) is 0.538. The van der Waals surface area contributed by atoms with E-state index in [9.17, 15) is 0 Å². The second-order valence-corrected chi connectivity index (χ2v) is 5.24. The van der Waals surface area contributed by atoms with E-state index in [-0.39, 0.29) is 0 Å². The molecule has 1 aliphatic rings. The Morgan fingerprint density at radius 1 is 1.44 bits per heavy atom. The molecule has 16 heavy (non-hydrogen) atoms. The zero-order valence-electron chi connectivity index (χ0n) is 10.1. The predicted molar refractivity (Wildman–Crippen MR) is 72.5 cm³/mol. The van der Waals surface area contributed by atoms with E-state index in [0.717, 1.165) is 19.6 Å². The number of thioether (sulfide) groups is 1. The van der Waals surface area contributed by atoms with Gasteiger partial charge in [-0.3, -0.25) is 0 Å². The summed E-state index contributed by atoms with van der Waals surface area (Å²) in [6.45, 7) is 5.67. The number of hydrogen-bond acceptors (Lipinski definition) is 3. The van der Waals surface area contributed by atoms with Crippen molar-refractivity contribution in [3.05, 3.63) is 24.3 Å². The minimum Gasteiger partial charge on any atom is -0.370 e. The molecule has 0 bridgehead atoms. The van der Waals surface area contributed by atoms with Crippen molar-refractivity contribution in [3.63, 3.8) is 0 Å². The van der Waals surface area contributed by atoms with Gasteiger partial charge >= 0.3 is 0 Å². The van der Waals surface area contributed by atoms with Crippen molar-refractivity contribution in [2.24, 2.45) is 0 Å². The molecule has 0 aliphatic carbocycles. The fourth-order valence-electron chi connectivity index (χ4n) is 2.15. The van der Waals surface area contributed by atoms with E-state index in [1.165, 1.54) is 17.0 Å². The van der Waals surface area contributed by atoms with E-state index in [4.69, 9.17) is 0 Å². The first kappa shape index (κ1) is 11.8. The molecule has 0 radical (unpaired) electrons. The molecule has 0 amide bonds. The lowest BCUT2D eigenvalue weighted by Crippen LogP contribution is -2.35. The van der Waals surface area contributed by atoms with Crippen molar-refractivity contribution in [3.8, 4) is 0 Å². The van der Waals surface area contributed by atoms with Gasteiger partial charge in [0, 0.05) is 29.7 Å². The minimum atomic E-state index is 0.584. The lowest BCUT2D eigenvalue weighted by Gasteiger charge is -2.25. The summed E-state index contributed by atoms with van der Waals surface area (Å²) in [7, 11) is 0. The third-order valence-electron chi connectivity index (χ3n) is 3.01. The SMILES string of the molecule is CSc1cccc(N2CCCNC(C)C2)c1. The first-order valence-electron chi connectivity index (χ1n) is 5.92. The monoisotopic (exact) mass is 236 g/mol. The summed E-state index contributed by atoms with van der Waals surface area (Å²) < 4.78 is 0. The van der Waals surface area contributed by atoms with Gasteiger partial charge in [-0.05, 0) is 44.3 Å². The van der Waals surface area contributed by atoms with E-state index >= 15 is 0 Å². The van der Waals surface area contributed by atoms with Gasteiger partial charge in [0.05, 0.1) is 0 Å². The van der Waals surface area contributed by atoms with Crippen LogP contribution in [-0.2, 0) is 0 Å². The highest BCUT2D eigenvalue weighted by Crippen LogP contribution is 2.23.